The van der Waals surface area contributed by atoms with Crippen molar-refractivity contribution < 1.29 is 70.6 Å². The highest BCUT2D eigenvalue weighted by atomic mass is 31.3. The van der Waals surface area contributed by atoms with E-state index in [0.29, 0.717) is 12.0 Å². The molecule has 0 saturated carbocycles. The molecule has 1 aromatic heterocycles. The van der Waals surface area contributed by atoms with Gasteiger partial charge in [-0.2, -0.15) is 9.29 Å². The van der Waals surface area contributed by atoms with E-state index in [0.717, 1.165) is 75.0 Å². The summed E-state index contributed by atoms with van der Waals surface area (Å²) in [6.07, 6.45) is -0.859. The number of aliphatic hydroxyl groups excluding tert-OH is 1. The summed E-state index contributed by atoms with van der Waals surface area (Å²) in [5.41, 5.74) is 11.8. The number of rotatable bonds is 17. The van der Waals surface area contributed by atoms with Crippen LogP contribution in [0.5, 0.6) is 11.5 Å². The number of hydrogen-bond acceptors (Lipinski definition) is 16. The lowest BCUT2D eigenvalue weighted by Gasteiger charge is -2.47. The van der Waals surface area contributed by atoms with Crippen LogP contribution in [0.15, 0.2) is 59.5 Å². The summed E-state index contributed by atoms with van der Waals surface area (Å²) in [7, 11) is -15.6. The molecular weight excluding hydrogens is 1080 g/mol. The van der Waals surface area contributed by atoms with Crippen molar-refractivity contribution in [1.82, 2.24) is 24.3 Å². The molecule has 1 fully saturated rings. The smallest absolute Gasteiger partial charge is 0.487 e. The van der Waals surface area contributed by atoms with E-state index in [2.05, 4.69) is 124 Å². The van der Waals surface area contributed by atoms with Gasteiger partial charge in [-0.25, -0.2) is 22.8 Å². The Morgan fingerprint density at radius 2 is 1.70 bits per heavy atom. The van der Waals surface area contributed by atoms with Crippen LogP contribution in [0.1, 0.15) is 144 Å². The lowest BCUT2D eigenvalue weighted by Crippen LogP contribution is -2.52. The van der Waals surface area contributed by atoms with E-state index >= 15 is 0 Å². The van der Waals surface area contributed by atoms with E-state index in [1.807, 2.05) is 24.3 Å². The van der Waals surface area contributed by atoms with Gasteiger partial charge >= 0.3 is 21.3 Å². The fourth-order valence-corrected chi connectivity index (χ4v) is 14.7. The normalized spacial score (nSPS) is 23.0. The molecule has 426 valence electrons. The third kappa shape index (κ3) is 13.0. The average Bonchev–Trinajstić information content (AvgIpc) is 3.68. The highest BCUT2D eigenvalue weighted by Gasteiger charge is 2.43. The number of hydrogen-bond donors (Lipinski definition) is 6. The first-order valence-corrected chi connectivity index (χ1v) is 30.5. The molecule has 8 rings (SSSR count). The Hall–Kier alpha value is -5.56. The maximum Gasteiger partial charge on any atom is 0.487 e. The molecule has 2 amide bonds. The van der Waals surface area contributed by atoms with Gasteiger partial charge in [0.2, 0.25) is 11.3 Å². The summed E-state index contributed by atoms with van der Waals surface area (Å²) in [5, 5.41) is 15.3. The van der Waals surface area contributed by atoms with Crippen LogP contribution in [0.3, 0.4) is 0 Å². The first-order chi connectivity index (χ1) is 36.9. The Bertz CT molecular complexity index is 3500. The van der Waals surface area contributed by atoms with Crippen LogP contribution in [0, 0.1) is 11.8 Å². The van der Waals surface area contributed by atoms with Crippen LogP contribution in [0.4, 0.5) is 11.5 Å². The number of nitrogens with zero attached hydrogens (tertiary/aromatic N) is 5. The number of benzene rings is 3. The Labute approximate surface area is 457 Å². The van der Waals surface area contributed by atoms with Gasteiger partial charge in [0.15, 0.2) is 5.54 Å². The van der Waals surface area contributed by atoms with Crippen LogP contribution < -0.4 is 46.4 Å². The maximum absolute atomic E-state index is 14.7. The van der Waals surface area contributed by atoms with Crippen molar-refractivity contribution in [3.05, 3.63) is 109 Å². The number of carbonyl (C=O) groups is 2. The number of nitrogen functional groups attached to an aromatic ring is 1. The SMILES string of the molecule is CCN1c2cc3c(cc2C(C)CC1(C)C)C(c1ccccc1C(=O)N(C)CCCC(=O)NCC#Cc1cn([C@H]2C[C@H](O)[C@@H](COP(=O)(O)OP(=O)(O)OP(=O)([O-])O)O2)c(=O)nc1N)=c1cc2c(cc1O3)=[N+](CC)C(C)(C)CC2C. The minimum absolute atomic E-state index is 0.0478. The molecule has 8 atom stereocenters. The van der Waals surface area contributed by atoms with Crippen LogP contribution in [-0.4, -0.2) is 109 Å². The van der Waals surface area contributed by atoms with Crippen LogP contribution in [0.2, 0.25) is 0 Å². The number of nitrogens with one attached hydrogen (secondary N) is 1. The summed E-state index contributed by atoms with van der Waals surface area (Å²) in [4.78, 5) is 86.9. The number of anilines is 2. The topological polar surface area (TPSA) is 318 Å². The first-order valence-electron chi connectivity index (χ1n) is 26.0. The lowest BCUT2D eigenvalue weighted by atomic mass is 9.77. The molecule has 1 saturated heterocycles. The monoisotopic (exact) mass is 1150 g/mol. The van der Waals surface area contributed by atoms with Crippen molar-refractivity contribution >= 4 is 52.4 Å². The zero-order chi connectivity index (χ0) is 57.7. The van der Waals surface area contributed by atoms with Crippen molar-refractivity contribution in [3.63, 3.8) is 0 Å². The molecule has 0 spiro atoms. The quantitative estimate of drug-likeness (QED) is 0.0425. The van der Waals surface area contributed by atoms with Crippen molar-refractivity contribution in [2.24, 2.45) is 0 Å². The number of carbonyl (C=O) groups excluding carboxylic acids is 2. The largest absolute Gasteiger partial charge is 0.756 e. The van der Waals surface area contributed by atoms with Gasteiger partial charge in [0.05, 0.1) is 30.9 Å². The highest BCUT2D eigenvalue weighted by Crippen LogP contribution is 2.65. The summed E-state index contributed by atoms with van der Waals surface area (Å²) >= 11 is 0. The molecule has 26 heteroatoms. The molecule has 4 aliphatic rings. The number of ether oxygens (including phenoxy) is 2. The summed E-state index contributed by atoms with van der Waals surface area (Å²) < 4.78 is 62.4. The molecule has 23 nitrogen and oxygen atoms in total. The standard InChI is InChI=1S/C53H68N7O16P3/c1-10-59-40-24-43-38(22-36(40)31(3)27-52(59,5)6)48(39-23-37-32(4)28-53(7,8)60(11-2)41(37)25-44(39)73-43)34-17-12-13-18-35(34)50(63)57(9)21-15-19-46(62)55-20-14-16-33-29-58(51(64)56-49(33)54)47-26-42(61)45(74-47)30-72-78(68,69)76-79(70,71)75-77(65,66)67/h12-13,17-18,22-25,29,31-32,42,45,47,61H,10-11,15,19-21,26-28,30H2,1-9H3,(H6-,54,55,56,62,64,65,66,67,68,69,70,71)/t31?,32?,42-,45+,47+/m0/s1. The summed E-state index contributed by atoms with van der Waals surface area (Å²) in [6, 6.07) is 16.6. The lowest BCUT2D eigenvalue weighted by molar-refractivity contribution is -0.212. The number of amides is 2. The van der Waals surface area contributed by atoms with E-state index in [1.165, 1.54) is 17.3 Å². The third-order valence-corrected chi connectivity index (χ3v) is 18.7. The molecule has 0 aliphatic carbocycles. The first kappa shape index (κ1) is 59.6. The maximum atomic E-state index is 14.7. The van der Waals surface area contributed by atoms with E-state index < -0.39 is 54.2 Å². The third-order valence-electron chi connectivity index (χ3n) is 14.9. The van der Waals surface area contributed by atoms with Crippen molar-refractivity contribution in [3.8, 4) is 23.3 Å². The van der Waals surface area contributed by atoms with E-state index in [9.17, 15) is 47.9 Å². The number of phosphoric acid groups is 3. The Kier molecular flexibility index (Phi) is 17.2. The minimum atomic E-state index is -5.87. The molecule has 79 heavy (non-hydrogen) atoms. The molecule has 4 aromatic rings. The van der Waals surface area contributed by atoms with E-state index in [1.54, 1.807) is 11.9 Å². The van der Waals surface area contributed by atoms with Gasteiger partial charge in [0.1, 0.15) is 36.2 Å². The molecular formula is C53H68N7O16P3. The van der Waals surface area contributed by atoms with Crippen LogP contribution >= 0.6 is 23.5 Å². The van der Waals surface area contributed by atoms with Gasteiger partial charge < -0.3 is 55.0 Å². The Balaban J connectivity index is 0.952. The van der Waals surface area contributed by atoms with E-state index in [-0.39, 0.29) is 72.0 Å². The van der Waals surface area contributed by atoms with Gasteiger partial charge in [-0.1, -0.05) is 43.9 Å². The second kappa shape index (κ2) is 22.8. The fourth-order valence-electron chi connectivity index (χ4n) is 11.7. The van der Waals surface area contributed by atoms with Crippen molar-refractivity contribution in [2.45, 2.75) is 129 Å². The van der Waals surface area contributed by atoms with Crippen molar-refractivity contribution in [2.75, 3.05) is 50.5 Å². The second-order valence-electron chi connectivity index (χ2n) is 21.6. The number of aromatic nitrogens is 2. The fraction of sp³-hybridized carbons (Fsp3) is 0.491. The molecule has 0 radical (unpaired) electrons. The Morgan fingerprint density at radius 3 is 2.39 bits per heavy atom. The highest BCUT2D eigenvalue weighted by molar-refractivity contribution is 7.66. The number of aliphatic hydroxyl groups is 1. The predicted octanol–water partition coefficient (Wildman–Crippen LogP) is 4.47. The van der Waals surface area contributed by atoms with Gasteiger partial charge in [0.25, 0.3) is 13.7 Å². The van der Waals surface area contributed by atoms with Crippen molar-refractivity contribution in [1.29, 1.82) is 0 Å². The molecule has 0 bridgehead atoms. The average molecular weight is 1150 g/mol. The van der Waals surface area contributed by atoms with Crippen LogP contribution in [-0.2, 0) is 36.4 Å². The molecule has 5 unspecified atom stereocenters. The zero-order valence-corrected chi connectivity index (χ0v) is 48.2. The number of fused-ring (bicyclic) bond motifs is 4. The molecule has 5 heterocycles. The molecule has 4 aliphatic heterocycles. The Morgan fingerprint density at radius 1 is 0.987 bits per heavy atom. The summed E-state index contributed by atoms with van der Waals surface area (Å²) in [5.74, 6) is 6.71. The second-order valence-corrected chi connectivity index (χ2v) is 26.0. The molecule has 3 aromatic carbocycles. The number of nitrogens with two attached hydrogens (primary N) is 1. The van der Waals surface area contributed by atoms with Gasteiger partial charge in [0, 0.05) is 90.4 Å². The van der Waals surface area contributed by atoms with Gasteiger partial charge in [-0.05, 0) is 95.5 Å². The van der Waals surface area contributed by atoms with E-state index in [4.69, 9.17) is 20.1 Å². The predicted molar refractivity (Wildman–Crippen MR) is 290 cm³/mol. The summed E-state index contributed by atoms with van der Waals surface area (Å²) in [6.45, 7) is 18.9. The number of phosphoric ester groups is 1. The van der Waals surface area contributed by atoms with Gasteiger partial charge in [-0.3, -0.25) is 23.2 Å². The van der Waals surface area contributed by atoms with Gasteiger partial charge in [-0.15, -0.1) is 0 Å². The minimum Gasteiger partial charge on any atom is -0.756 e. The zero-order valence-electron chi connectivity index (χ0n) is 45.5. The molecule has 7 N–H and O–H groups in total. The van der Waals surface area contributed by atoms with Crippen LogP contribution in [0.25, 0.3) is 5.57 Å².